The first-order valence-corrected chi connectivity index (χ1v) is 7.80. The molecule has 0 bridgehead atoms. The Morgan fingerprint density at radius 1 is 1.55 bits per heavy atom. The molecule has 0 aliphatic carbocycles. The predicted octanol–water partition coefficient (Wildman–Crippen LogP) is 3.37. The highest BCUT2D eigenvalue weighted by Crippen LogP contribution is 2.30. The van der Waals surface area contributed by atoms with Gasteiger partial charge in [-0.2, -0.15) is 13.2 Å². The molecule has 1 aliphatic rings. The van der Waals surface area contributed by atoms with Gasteiger partial charge in [0.25, 0.3) is 0 Å². The normalized spacial score (nSPS) is 19.9. The van der Waals surface area contributed by atoms with E-state index >= 15 is 0 Å². The lowest BCUT2D eigenvalue weighted by Gasteiger charge is -2.31. The number of guanidine groups is 1. The summed E-state index contributed by atoms with van der Waals surface area (Å²) in [7, 11) is 0. The van der Waals surface area contributed by atoms with Crippen molar-refractivity contribution in [1.29, 1.82) is 0 Å². The van der Waals surface area contributed by atoms with Crippen molar-refractivity contribution < 1.29 is 13.2 Å². The Morgan fingerprint density at radius 3 is 2.86 bits per heavy atom. The number of thiazole rings is 1. The van der Waals surface area contributed by atoms with Crippen LogP contribution in [0.3, 0.4) is 0 Å². The van der Waals surface area contributed by atoms with E-state index in [0.29, 0.717) is 29.9 Å². The second kappa shape index (κ2) is 8.32. The predicted molar refractivity (Wildman–Crippen MR) is 92.7 cm³/mol. The van der Waals surface area contributed by atoms with Crippen molar-refractivity contribution in [3.8, 4) is 0 Å². The fraction of sp³-hybridized carbons (Fsp3) is 0.692. The number of hydrogen-bond donors (Lipinski definition) is 1. The largest absolute Gasteiger partial charge is 0.434 e. The number of aromatic nitrogens is 1. The van der Waals surface area contributed by atoms with E-state index in [-0.39, 0.29) is 24.0 Å². The van der Waals surface area contributed by atoms with Gasteiger partial charge in [0.1, 0.15) is 0 Å². The number of alkyl halides is 3. The maximum Gasteiger partial charge on any atom is 0.434 e. The summed E-state index contributed by atoms with van der Waals surface area (Å²) in [6, 6.07) is 0. The number of rotatable bonds is 3. The van der Waals surface area contributed by atoms with Crippen LogP contribution in [-0.4, -0.2) is 35.5 Å². The molecule has 1 saturated heterocycles. The van der Waals surface area contributed by atoms with Crippen LogP contribution in [0.25, 0.3) is 0 Å². The summed E-state index contributed by atoms with van der Waals surface area (Å²) in [5, 5.41) is 1.47. The quantitative estimate of drug-likeness (QED) is 0.439. The van der Waals surface area contributed by atoms with E-state index < -0.39 is 11.9 Å². The minimum absolute atomic E-state index is 0. The number of likely N-dealkylation sites (tertiary alicyclic amines) is 1. The van der Waals surface area contributed by atoms with Crippen molar-refractivity contribution in [3.05, 3.63) is 16.1 Å². The Morgan fingerprint density at radius 2 is 2.27 bits per heavy atom. The molecule has 22 heavy (non-hydrogen) atoms. The maximum absolute atomic E-state index is 12.4. The van der Waals surface area contributed by atoms with Gasteiger partial charge in [-0.3, -0.25) is 4.99 Å². The van der Waals surface area contributed by atoms with E-state index in [0.717, 1.165) is 36.2 Å². The van der Waals surface area contributed by atoms with E-state index in [1.165, 1.54) is 6.42 Å². The van der Waals surface area contributed by atoms with E-state index in [4.69, 9.17) is 5.73 Å². The zero-order valence-corrected chi connectivity index (χ0v) is 15.4. The summed E-state index contributed by atoms with van der Waals surface area (Å²) >= 11 is 1.01. The van der Waals surface area contributed by atoms with Crippen molar-refractivity contribution in [3.63, 3.8) is 0 Å². The monoisotopic (exact) mass is 448 g/mol. The molecule has 9 heteroatoms. The summed E-state index contributed by atoms with van der Waals surface area (Å²) in [4.78, 5) is 9.87. The average molecular weight is 448 g/mol. The molecule has 1 aromatic rings. The molecule has 126 valence electrons. The zero-order valence-electron chi connectivity index (χ0n) is 12.3. The third kappa shape index (κ3) is 5.56. The van der Waals surface area contributed by atoms with Crippen molar-refractivity contribution in [2.75, 3.05) is 19.6 Å². The molecule has 0 spiro atoms. The van der Waals surface area contributed by atoms with Gasteiger partial charge in [-0.05, 0) is 18.8 Å². The summed E-state index contributed by atoms with van der Waals surface area (Å²) in [5.41, 5.74) is 5.10. The molecule has 2 rings (SSSR count). The van der Waals surface area contributed by atoms with E-state index in [1.54, 1.807) is 0 Å². The van der Waals surface area contributed by atoms with Crippen LogP contribution in [-0.2, 0) is 12.6 Å². The van der Waals surface area contributed by atoms with Crippen LogP contribution >= 0.6 is 35.3 Å². The smallest absolute Gasteiger partial charge is 0.370 e. The number of piperidine rings is 1. The molecule has 2 heterocycles. The molecule has 1 atom stereocenters. The van der Waals surface area contributed by atoms with Crippen LogP contribution in [0.2, 0.25) is 0 Å². The van der Waals surface area contributed by atoms with Gasteiger partial charge in [0, 0.05) is 31.4 Å². The molecular formula is C13H20F3IN4S. The highest BCUT2D eigenvalue weighted by atomic mass is 127. The van der Waals surface area contributed by atoms with Crippen molar-refractivity contribution in [2.45, 2.75) is 32.4 Å². The van der Waals surface area contributed by atoms with Crippen LogP contribution in [0, 0.1) is 5.92 Å². The van der Waals surface area contributed by atoms with Gasteiger partial charge in [-0.1, -0.05) is 6.92 Å². The fourth-order valence-electron chi connectivity index (χ4n) is 2.32. The van der Waals surface area contributed by atoms with Crippen LogP contribution in [0.15, 0.2) is 10.4 Å². The zero-order chi connectivity index (χ0) is 15.5. The molecule has 1 unspecified atom stereocenters. The van der Waals surface area contributed by atoms with Gasteiger partial charge in [-0.15, -0.1) is 35.3 Å². The number of aliphatic imine (C=N–C) groups is 1. The topological polar surface area (TPSA) is 54.5 Å². The lowest BCUT2D eigenvalue weighted by Crippen LogP contribution is -2.43. The first-order chi connectivity index (χ1) is 9.86. The highest BCUT2D eigenvalue weighted by Gasteiger charge is 2.33. The number of halogens is 4. The van der Waals surface area contributed by atoms with Crippen LogP contribution in [0.1, 0.15) is 30.5 Å². The minimum atomic E-state index is -4.37. The van der Waals surface area contributed by atoms with Crippen LogP contribution in [0.5, 0.6) is 0 Å². The highest BCUT2D eigenvalue weighted by molar-refractivity contribution is 14.0. The second-order valence-electron chi connectivity index (χ2n) is 5.31. The van der Waals surface area contributed by atoms with Crippen molar-refractivity contribution >= 4 is 41.3 Å². The Balaban J connectivity index is 0.00000242. The number of nitrogens with zero attached hydrogens (tertiary/aromatic N) is 3. The molecule has 2 N–H and O–H groups in total. The molecule has 0 amide bonds. The molecule has 0 radical (unpaired) electrons. The summed E-state index contributed by atoms with van der Waals surface area (Å²) in [6.07, 6.45) is -1.70. The van der Waals surface area contributed by atoms with Gasteiger partial charge in [0.15, 0.2) is 11.7 Å². The standard InChI is InChI=1S/C13H19F3N4S.HI/c1-9-3-2-6-20(7-9)12(17)18-5-4-11-19-10(8-21-11)13(14,15)16;/h8-9H,2-7H2,1H3,(H2,17,18);1H. The summed E-state index contributed by atoms with van der Waals surface area (Å²) < 4.78 is 37.3. The van der Waals surface area contributed by atoms with Gasteiger partial charge in [0.05, 0.1) is 5.01 Å². The molecule has 0 saturated carbocycles. The maximum atomic E-state index is 12.4. The molecule has 4 nitrogen and oxygen atoms in total. The Bertz CT molecular complexity index is 504. The molecule has 1 aromatic heterocycles. The third-order valence-electron chi connectivity index (χ3n) is 3.42. The van der Waals surface area contributed by atoms with Crippen LogP contribution < -0.4 is 5.73 Å². The van der Waals surface area contributed by atoms with Crippen molar-refractivity contribution in [2.24, 2.45) is 16.6 Å². The van der Waals surface area contributed by atoms with Gasteiger partial charge >= 0.3 is 6.18 Å². The number of hydrogen-bond acceptors (Lipinski definition) is 3. The molecular weight excluding hydrogens is 428 g/mol. The minimum Gasteiger partial charge on any atom is -0.370 e. The Labute approximate surface area is 149 Å². The number of nitrogens with two attached hydrogens (primary N) is 1. The van der Waals surface area contributed by atoms with Gasteiger partial charge < -0.3 is 10.6 Å². The third-order valence-corrected chi connectivity index (χ3v) is 4.33. The SMILES string of the molecule is CC1CCCN(C(N)=NCCc2nc(C(F)(F)F)cs2)C1.I. The van der Waals surface area contributed by atoms with Gasteiger partial charge in [-0.25, -0.2) is 4.98 Å². The van der Waals surface area contributed by atoms with E-state index in [2.05, 4.69) is 16.9 Å². The summed E-state index contributed by atoms with van der Waals surface area (Å²) in [6.45, 7) is 4.33. The summed E-state index contributed by atoms with van der Waals surface area (Å²) in [5.74, 6) is 1.08. The lowest BCUT2D eigenvalue weighted by atomic mass is 10.0. The molecule has 0 aromatic carbocycles. The first kappa shape index (κ1) is 19.5. The lowest BCUT2D eigenvalue weighted by molar-refractivity contribution is -0.140. The fourth-order valence-corrected chi connectivity index (χ4v) is 3.11. The van der Waals surface area contributed by atoms with Crippen molar-refractivity contribution in [1.82, 2.24) is 9.88 Å². The second-order valence-corrected chi connectivity index (χ2v) is 6.25. The average Bonchev–Trinajstić information content (AvgIpc) is 2.87. The Hall–Kier alpha value is -0.580. The van der Waals surface area contributed by atoms with Crippen LogP contribution in [0.4, 0.5) is 13.2 Å². The van der Waals surface area contributed by atoms with E-state index in [9.17, 15) is 13.2 Å². The molecule has 1 fully saturated rings. The Kier molecular flexibility index (Phi) is 7.36. The first-order valence-electron chi connectivity index (χ1n) is 6.92. The molecule has 1 aliphatic heterocycles. The van der Waals surface area contributed by atoms with Gasteiger partial charge in [0.2, 0.25) is 0 Å². The van der Waals surface area contributed by atoms with E-state index in [1.807, 2.05) is 4.90 Å².